The number of alkyl halides is 3. The standard InChI is InChI=1S/C12H13F3N4O5S/c1-23-18-7(12(13,14)15)8(20)17-6-9(21)19-2-5(3-24-11(16)22)4-25-10(6)19/h2,6,10H,3-4H2,1H3,(H2,16,22)(H,17,20)/t6-,10-/m1/s1. The summed E-state index contributed by atoms with van der Waals surface area (Å²) in [5.41, 5.74) is 3.65. The molecular weight excluding hydrogens is 369 g/mol. The molecule has 1 saturated heterocycles. The van der Waals surface area contributed by atoms with Crippen molar-refractivity contribution < 1.29 is 37.1 Å². The zero-order chi connectivity index (χ0) is 18.8. The molecule has 3 amide bonds. The number of carbonyl (C=O) groups excluding carboxylic acids is 3. The van der Waals surface area contributed by atoms with E-state index < -0.39 is 41.2 Å². The number of nitrogens with two attached hydrogens (primary N) is 1. The molecule has 0 aromatic rings. The van der Waals surface area contributed by atoms with Crippen LogP contribution in [0.5, 0.6) is 0 Å². The molecule has 0 aromatic heterocycles. The van der Waals surface area contributed by atoms with E-state index in [0.717, 1.165) is 7.11 Å². The molecule has 0 aromatic carbocycles. The molecule has 138 valence electrons. The molecule has 0 aliphatic carbocycles. The molecule has 13 heteroatoms. The van der Waals surface area contributed by atoms with Gasteiger partial charge in [-0.3, -0.25) is 9.59 Å². The highest BCUT2D eigenvalue weighted by Crippen LogP contribution is 2.36. The highest BCUT2D eigenvalue weighted by Gasteiger charge is 2.51. The molecule has 2 aliphatic rings. The van der Waals surface area contributed by atoms with Crippen LogP contribution in [0, 0.1) is 0 Å². The quantitative estimate of drug-likeness (QED) is 0.390. The predicted molar refractivity (Wildman–Crippen MR) is 79.1 cm³/mol. The summed E-state index contributed by atoms with van der Waals surface area (Å²) in [7, 11) is 0.868. The van der Waals surface area contributed by atoms with E-state index in [9.17, 15) is 27.6 Å². The minimum Gasteiger partial charge on any atom is -0.445 e. The van der Waals surface area contributed by atoms with E-state index in [4.69, 9.17) is 5.73 Å². The number of hydrogen-bond donors (Lipinski definition) is 2. The lowest BCUT2D eigenvalue weighted by Gasteiger charge is -2.47. The largest absolute Gasteiger partial charge is 0.445 e. The van der Waals surface area contributed by atoms with E-state index in [1.165, 1.54) is 22.9 Å². The summed E-state index contributed by atoms with van der Waals surface area (Å²) in [5, 5.41) is 4.11. The van der Waals surface area contributed by atoms with Gasteiger partial charge in [0.2, 0.25) is 5.71 Å². The van der Waals surface area contributed by atoms with E-state index in [1.54, 1.807) is 0 Å². The molecule has 9 nitrogen and oxygen atoms in total. The second kappa shape index (κ2) is 7.21. The van der Waals surface area contributed by atoms with Crippen LogP contribution in [0.4, 0.5) is 18.0 Å². The predicted octanol–water partition coefficient (Wildman–Crippen LogP) is -0.0698. The Balaban J connectivity index is 2.01. The molecule has 0 radical (unpaired) electrons. The summed E-state index contributed by atoms with van der Waals surface area (Å²) in [6.07, 6.45) is -4.57. The van der Waals surface area contributed by atoms with Crippen molar-refractivity contribution in [1.82, 2.24) is 10.2 Å². The molecule has 2 heterocycles. The smallest absolute Gasteiger partial charge is 0.442 e. The van der Waals surface area contributed by atoms with E-state index in [-0.39, 0.29) is 6.61 Å². The first-order valence-electron chi connectivity index (χ1n) is 6.70. The molecule has 1 fully saturated rings. The highest BCUT2D eigenvalue weighted by molar-refractivity contribution is 8.00. The van der Waals surface area contributed by atoms with E-state index in [0.29, 0.717) is 11.3 Å². The van der Waals surface area contributed by atoms with Gasteiger partial charge in [-0.1, -0.05) is 5.16 Å². The van der Waals surface area contributed by atoms with Crippen molar-refractivity contribution in [3.05, 3.63) is 11.8 Å². The van der Waals surface area contributed by atoms with Gasteiger partial charge in [0.25, 0.3) is 11.8 Å². The third-order valence-electron chi connectivity index (χ3n) is 3.19. The molecule has 0 saturated carbocycles. The molecule has 0 unspecified atom stereocenters. The van der Waals surface area contributed by atoms with Gasteiger partial charge in [0.15, 0.2) is 0 Å². The van der Waals surface area contributed by atoms with E-state index in [2.05, 4.69) is 14.7 Å². The lowest BCUT2D eigenvalue weighted by atomic mass is 10.1. The lowest BCUT2D eigenvalue weighted by Crippen LogP contribution is -2.69. The van der Waals surface area contributed by atoms with Crippen LogP contribution in [0.15, 0.2) is 16.9 Å². The lowest BCUT2D eigenvalue weighted by molar-refractivity contribution is -0.144. The fourth-order valence-electron chi connectivity index (χ4n) is 2.13. The Morgan fingerprint density at radius 3 is 2.76 bits per heavy atom. The zero-order valence-electron chi connectivity index (χ0n) is 12.7. The van der Waals surface area contributed by atoms with Gasteiger partial charge in [0.05, 0.1) is 0 Å². The Kier molecular flexibility index (Phi) is 5.45. The van der Waals surface area contributed by atoms with Gasteiger partial charge < -0.3 is 25.5 Å². The Hall–Kier alpha value is -2.44. The first-order valence-corrected chi connectivity index (χ1v) is 7.74. The number of rotatable bonds is 5. The van der Waals surface area contributed by atoms with Crippen molar-refractivity contribution in [1.29, 1.82) is 0 Å². The number of amides is 3. The third kappa shape index (κ3) is 4.15. The van der Waals surface area contributed by atoms with Crippen LogP contribution < -0.4 is 11.1 Å². The maximum atomic E-state index is 12.7. The minimum atomic E-state index is -5.02. The van der Waals surface area contributed by atoms with Crippen LogP contribution in [-0.2, 0) is 19.2 Å². The van der Waals surface area contributed by atoms with Gasteiger partial charge in [-0.15, -0.1) is 11.8 Å². The average molecular weight is 382 g/mol. The normalized spacial score (nSPS) is 23.2. The number of primary amides is 1. The molecule has 2 rings (SSSR count). The number of ether oxygens (including phenoxy) is 1. The molecular formula is C12H13F3N4O5S. The summed E-state index contributed by atoms with van der Waals surface area (Å²) in [6, 6.07) is -1.13. The fourth-order valence-corrected chi connectivity index (χ4v) is 3.37. The van der Waals surface area contributed by atoms with Crippen molar-refractivity contribution in [2.24, 2.45) is 10.9 Å². The third-order valence-corrected chi connectivity index (χ3v) is 4.57. The second-order valence-electron chi connectivity index (χ2n) is 4.91. The molecule has 0 bridgehead atoms. The Labute approximate surface area is 143 Å². The second-order valence-corrected chi connectivity index (χ2v) is 6.02. The molecule has 0 spiro atoms. The topological polar surface area (TPSA) is 123 Å². The number of hydrogen-bond acceptors (Lipinski definition) is 7. The number of carbonyl (C=O) groups is 3. The SMILES string of the molecule is CON=C(C(=O)N[C@@H]1C(=O)N2C=C(COC(N)=O)CS[C@H]12)C(F)(F)F. The zero-order valence-corrected chi connectivity index (χ0v) is 13.5. The molecule has 3 N–H and O–H groups in total. The first kappa shape index (κ1) is 18.9. The summed E-state index contributed by atoms with van der Waals surface area (Å²) >= 11 is 1.20. The summed E-state index contributed by atoms with van der Waals surface area (Å²) < 4.78 is 42.8. The summed E-state index contributed by atoms with van der Waals surface area (Å²) in [4.78, 5) is 39.6. The maximum Gasteiger partial charge on any atom is 0.442 e. The molecule has 2 atom stereocenters. The summed E-state index contributed by atoms with van der Waals surface area (Å²) in [5.74, 6) is -1.80. The van der Waals surface area contributed by atoms with E-state index >= 15 is 0 Å². The van der Waals surface area contributed by atoms with Gasteiger partial charge in [-0.25, -0.2) is 4.79 Å². The van der Waals surface area contributed by atoms with Crippen LogP contribution in [0.25, 0.3) is 0 Å². The Morgan fingerprint density at radius 2 is 2.20 bits per heavy atom. The van der Waals surface area contributed by atoms with Gasteiger partial charge >= 0.3 is 12.3 Å². The van der Waals surface area contributed by atoms with Crippen LogP contribution in [0.3, 0.4) is 0 Å². The van der Waals surface area contributed by atoms with Crippen molar-refractivity contribution >= 4 is 35.4 Å². The van der Waals surface area contributed by atoms with Crippen LogP contribution >= 0.6 is 11.8 Å². The van der Waals surface area contributed by atoms with E-state index in [1.807, 2.05) is 5.32 Å². The van der Waals surface area contributed by atoms with Crippen LogP contribution in [0.2, 0.25) is 0 Å². The van der Waals surface area contributed by atoms with Crippen molar-refractivity contribution in [2.75, 3.05) is 19.5 Å². The number of nitrogens with one attached hydrogen (secondary N) is 1. The average Bonchev–Trinajstić information content (AvgIpc) is 2.53. The number of fused-ring (bicyclic) bond motifs is 1. The highest BCUT2D eigenvalue weighted by atomic mass is 32.2. The van der Waals surface area contributed by atoms with Gasteiger partial charge in [0, 0.05) is 12.0 Å². The summed E-state index contributed by atoms with van der Waals surface area (Å²) in [6.45, 7) is -0.103. The fraction of sp³-hybridized carbons (Fsp3) is 0.500. The van der Waals surface area contributed by atoms with Crippen LogP contribution in [0.1, 0.15) is 0 Å². The van der Waals surface area contributed by atoms with Crippen molar-refractivity contribution in [3.8, 4) is 0 Å². The minimum absolute atomic E-state index is 0.103. The van der Waals surface area contributed by atoms with Gasteiger partial charge in [0.1, 0.15) is 25.1 Å². The number of oxime groups is 1. The van der Waals surface area contributed by atoms with Gasteiger partial charge in [-0.05, 0) is 5.57 Å². The maximum absolute atomic E-state index is 12.7. The van der Waals surface area contributed by atoms with Crippen molar-refractivity contribution in [2.45, 2.75) is 17.6 Å². The number of β-lactam (4-membered cyclic amide) rings is 1. The molecule has 25 heavy (non-hydrogen) atoms. The number of nitrogens with zero attached hydrogens (tertiary/aromatic N) is 2. The van der Waals surface area contributed by atoms with Gasteiger partial charge in [-0.2, -0.15) is 13.2 Å². The Bertz CT molecular complexity index is 651. The van der Waals surface area contributed by atoms with Crippen molar-refractivity contribution in [3.63, 3.8) is 0 Å². The monoisotopic (exact) mass is 382 g/mol. The van der Waals surface area contributed by atoms with Crippen LogP contribution in [-0.4, -0.2) is 65.6 Å². The molecule has 2 aliphatic heterocycles. The Morgan fingerprint density at radius 1 is 1.52 bits per heavy atom. The first-order chi connectivity index (χ1) is 11.6. The number of halogens is 3. The number of thioether (sulfide) groups is 1.